The van der Waals surface area contributed by atoms with Crippen LogP contribution in [0.25, 0.3) is 10.1 Å². The van der Waals surface area contributed by atoms with E-state index in [4.69, 9.17) is 16.7 Å². The Morgan fingerprint density at radius 3 is 3.08 bits per heavy atom. The SMILES string of the molecule is O=C(O)c1nccc2cc(Cl)sc12. The Morgan fingerprint density at radius 1 is 1.62 bits per heavy atom. The van der Waals surface area contributed by atoms with Crippen LogP contribution in [-0.2, 0) is 0 Å². The number of aromatic nitrogens is 1. The second-order valence-corrected chi connectivity index (χ2v) is 4.12. The zero-order chi connectivity index (χ0) is 9.42. The van der Waals surface area contributed by atoms with Gasteiger partial charge in [-0.2, -0.15) is 0 Å². The monoisotopic (exact) mass is 213 g/mol. The molecule has 0 saturated carbocycles. The number of carboxylic acids is 1. The molecule has 0 bridgehead atoms. The predicted octanol–water partition coefficient (Wildman–Crippen LogP) is 2.65. The number of hydrogen-bond acceptors (Lipinski definition) is 3. The lowest BCUT2D eigenvalue weighted by Gasteiger charge is -1.93. The largest absolute Gasteiger partial charge is 0.476 e. The molecule has 2 aromatic rings. The van der Waals surface area contributed by atoms with Gasteiger partial charge in [0, 0.05) is 6.20 Å². The predicted molar refractivity (Wildman–Crippen MR) is 51.6 cm³/mol. The number of aromatic carboxylic acids is 1. The van der Waals surface area contributed by atoms with E-state index in [-0.39, 0.29) is 5.69 Å². The summed E-state index contributed by atoms with van der Waals surface area (Å²) in [5.41, 5.74) is 0.0643. The minimum absolute atomic E-state index is 0.0643. The first-order valence-corrected chi connectivity index (χ1v) is 4.65. The molecule has 0 amide bonds. The molecule has 1 N–H and O–H groups in total. The second kappa shape index (κ2) is 2.97. The van der Waals surface area contributed by atoms with E-state index < -0.39 is 5.97 Å². The van der Waals surface area contributed by atoms with Gasteiger partial charge in [0.15, 0.2) is 5.69 Å². The Kier molecular flexibility index (Phi) is 1.94. The van der Waals surface area contributed by atoms with Crippen LogP contribution in [0.2, 0.25) is 4.34 Å². The van der Waals surface area contributed by atoms with E-state index in [2.05, 4.69) is 4.98 Å². The average molecular weight is 214 g/mol. The zero-order valence-corrected chi connectivity index (χ0v) is 7.89. The summed E-state index contributed by atoms with van der Waals surface area (Å²) in [6.45, 7) is 0. The van der Waals surface area contributed by atoms with Crippen molar-refractivity contribution in [2.45, 2.75) is 0 Å². The molecule has 13 heavy (non-hydrogen) atoms. The van der Waals surface area contributed by atoms with Crippen molar-refractivity contribution in [1.29, 1.82) is 0 Å². The summed E-state index contributed by atoms with van der Waals surface area (Å²) in [6.07, 6.45) is 1.47. The number of halogens is 1. The van der Waals surface area contributed by atoms with E-state index in [0.29, 0.717) is 9.04 Å². The van der Waals surface area contributed by atoms with Gasteiger partial charge in [-0.1, -0.05) is 11.6 Å². The van der Waals surface area contributed by atoms with E-state index in [1.165, 1.54) is 17.5 Å². The molecule has 66 valence electrons. The van der Waals surface area contributed by atoms with Gasteiger partial charge in [-0.15, -0.1) is 11.3 Å². The first-order valence-electron chi connectivity index (χ1n) is 3.46. The molecule has 0 fully saturated rings. The third kappa shape index (κ3) is 1.38. The number of hydrogen-bond donors (Lipinski definition) is 1. The number of thiophene rings is 1. The van der Waals surface area contributed by atoms with Crippen molar-refractivity contribution in [2.75, 3.05) is 0 Å². The van der Waals surface area contributed by atoms with Crippen LogP contribution in [0.1, 0.15) is 10.5 Å². The fourth-order valence-electron chi connectivity index (χ4n) is 1.09. The molecule has 0 saturated heterocycles. The second-order valence-electron chi connectivity index (χ2n) is 2.43. The van der Waals surface area contributed by atoms with Gasteiger partial charge in [0.25, 0.3) is 0 Å². The number of carbonyl (C=O) groups is 1. The molecule has 2 rings (SSSR count). The molecule has 0 spiro atoms. The quantitative estimate of drug-likeness (QED) is 0.792. The summed E-state index contributed by atoms with van der Waals surface area (Å²) in [5.74, 6) is -1.02. The number of carboxylic acid groups (broad SMARTS) is 1. The highest BCUT2D eigenvalue weighted by atomic mass is 35.5. The molecule has 0 aromatic carbocycles. The van der Waals surface area contributed by atoms with Gasteiger partial charge >= 0.3 is 5.97 Å². The lowest BCUT2D eigenvalue weighted by atomic mass is 10.3. The van der Waals surface area contributed by atoms with E-state index in [9.17, 15) is 4.79 Å². The molecule has 0 radical (unpaired) electrons. The van der Waals surface area contributed by atoms with Crippen molar-refractivity contribution < 1.29 is 9.90 Å². The molecule has 5 heteroatoms. The summed E-state index contributed by atoms with van der Waals surface area (Å²) in [6, 6.07) is 3.47. The number of fused-ring (bicyclic) bond motifs is 1. The smallest absolute Gasteiger partial charge is 0.355 e. The van der Waals surface area contributed by atoms with Crippen LogP contribution in [-0.4, -0.2) is 16.1 Å². The maximum absolute atomic E-state index is 10.7. The molecule has 0 aliphatic rings. The van der Waals surface area contributed by atoms with E-state index in [0.717, 1.165) is 5.39 Å². The highest BCUT2D eigenvalue weighted by molar-refractivity contribution is 7.23. The molecule has 0 aliphatic heterocycles. The third-order valence-electron chi connectivity index (χ3n) is 1.61. The van der Waals surface area contributed by atoms with Crippen molar-refractivity contribution in [2.24, 2.45) is 0 Å². The Labute approximate surface area is 82.6 Å². The van der Waals surface area contributed by atoms with Gasteiger partial charge in [0.1, 0.15) is 0 Å². The van der Waals surface area contributed by atoms with Gasteiger partial charge in [-0.3, -0.25) is 0 Å². The minimum Gasteiger partial charge on any atom is -0.476 e. The van der Waals surface area contributed by atoms with E-state index in [1.54, 1.807) is 12.1 Å². The summed E-state index contributed by atoms with van der Waals surface area (Å²) in [4.78, 5) is 14.5. The van der Waals surface area contributed by atoms with Gasteiger partial charge in [0.2, 0.25) is 0 Å². The van der Waals surface area contributed by atoms with Crippen LogP contribution in [0.3, 0.4) is 0 Å². The minimum atomic E-state index is -1.02. The van der Waals surface area contributed by atoms with Crippen LogP contribution in [0.5, 0.6) is 0 Å². The topological polar surface area (TPSA) is 50.2 Å². The highest BCUT2D eigenvalue weighted by Gasteiger charge is 2.11. The Hall–Kier alpha value is -1.13. The Bertz CT molecular complexity index is 480. The number of pyridine rings is 1. The summed E-state index contributed by atoms with van der Waals surface area (Å²) in [5, 5.41) is 9.61. The maximum atomic E-state index is 10.7. The van der Waals surface area contributed by atoms with Crippen molar-refractivity contribution in [3.05, 3.63) is 28.4 Å². The van der Waals surface area contributed by atoms with Gasteiger partial charge in [-0.25, -0.2) is 9.78 Å². The van der Waals surface area contributed by atoms with Crippen LogP contribution in [0.15, 0.2) is 18.3 Å². The molecular weight excluding hydrogens is 210 g/mol. The Balaban J connectivity index is 2.82. The van der Waals surface area contributed by atoms with Crippen molar-refractivity contribution >= 4 is 39.0 Å². The highest BCUT2D eigenvalue weighted by Crippen LogP contribution is 2.30. The van der Waals surface area contributed by atoms with E-state index in [1.807, 2.05) is 0 Å². The van der Waals surface area contributed by atoms with Gasteiger partial charge in [-0.05, 0) is 17.5 Å². The van der Waals surface area contributed by atoms with Crippen LogP contribution in [0.4, 0.5) is 0 Å². The zero-order valence-electron chi connectivity index (χ0n) is 6.32. The number of rotatable bonds is 1. The lowest BCUT2D eigenvalue weighted by molar-refractivity contribution is 0.0693. The van der Waals surface area contributed by atoms with Crippen molar-refractivity contribution in [3.8, 4) is 0 Å². The van der Waals surface area contributed by atoms with Crippen LogP contribution >= 0.6 is 22.9 Å². The average Bonchev–Trinajstić information content (AvgIpc) is 2.43. The first kappa shape index (κ1) is 8.47. The molecule has 0 atom stereocenters. The first-order chi connectivity index (χ1) is 6.18. The summed E-state index contributed by atoms with van der Waals surface area (Å²) in [7, 11) is 0. The third-order valence-corrected chi connectivity index (χ3v) is 2.89. The van der Waals surface area contributed by atoms with Crippen molar-refractivity contribution in [3.63, 3.8) is 0 Å². The standard InChI is InChI=1S/C8H4ClNO2S/c9-5-3-4-1-2-10-6(8(11)12)7(4)13-5/h1-3H,(H,11,12). The number of nitrogens with zero attached hydrogens (tertiary/aromatic N) is 1. The summed E-state index contributed by atoms with van der Waals surface area (Å²) < 4.78 is 1.20. The fraction of sp³-hybridized carbons (Fsp3) is 0. The lowest BCUT2D eigenvalue weighted by Crippen LogP contribution is -1.98. The molecule has 0 aliphatic carbocycles. The van der Waals surface area contributed by atoms with Gasteiger partial charge in [0.05, 0.1) is 9.04 Å². The molecule has 2 aromatic heterocycles. The van der Waals surface area contributed by atoms with Crippen LogP contribution < -0.4 is 0 Å². The molecule has 2 heterocycles. The van der Waals surface area contributed by atoms with Gasteiger partial charge < -0.3 is 5.11 Å². The van der Waals surface area contributed by atoms with Crippen molar-refractivity contribution in [1.82, 2.24) is 4.98 Å². The normalized spacial score (nSPS) is 10.5. The molecule has 3 nitrogen and oxygen atoms in total. The maximum Gasteiger partial charge on any atom is 0.355 e. The summed E-state index contributed by atoms with van der Waals surface area (Å²) >= 11 is 6.99. The Morgan fingerprint density at radius 2 is 2.38 bits per heavy atom. The molecule has 0 unspecified atom stereocenters. The fourth-order valence-corrected chi connectivity index (χ4v) is 2.30. The molecular formula is C8H4ClNO2S. The van der Waals surface area contributed by atoms with E-state index >= 15 is 0 Å². The van der Waals surface area contributed by atoms with Crippen LogP contribution in [0, 0.1) is 0 Å².